The van der Waals surface area contributed by atoms with Gasteiger partial charge in [0, 0.05) is 35.5 Å². The first-order valence-electron chi connectivity index (χ1n) is 3.14. The Morgan fingerprint density at radius 2 is 2.12 bits per heavy atom. The van der Waals surface area contributed by atoms with Crippen LogP contribution in [0.25, 0.3) is 0 Å². The molecule has 0 aromatic heterocycles. The van der Waals surface area contributed by atoms with Gasteiger partial charge < -0.3 is 0 Å². The van der Waals surface area contributed by atoms with Crippen LogP contribution in [-0.4, -0.2) is 15.7 Å². The SMILES string of the molecule is CC1CCN(I)C1C. The molecule has 2 unspecified atom stereocenters. The van der Waals surface area contributed by atoms with Gasteiger partial charge in [-0.15, -0.1) is 0 Å². The van der Waals surface area contributed by atoms with E-state index >= 15 is 0 Å². The predicted octanol–water partition coefficient (Wildman–Crippen LogP) is 2.07. The van der Waals surface area contributed by atoms with Crippen LogP contribution in [0.5, 0.6) is 0 Å². The van der Waals surface area contributed by atoms with E-state index in [1.54, 1.807) is 0 Å². The average Bonchev–Trinajstić information content (AvgIpc) is 1.98. The van der Waals surface area contributed by atoms with Crippen LogP contribution in [0.1, 0.15) is 20.3 Å². The molecule has 0 aromatic carbocycles. The number of rotatable bonds is 0. The van der Waals surface area contributed by atoms with Crippen molar-refractivity contribution < 1.29 is 0 Å². The van der Waals surface area contributed by atoms with Gasteiger partial charge in [0.05, 0.1) is 0 Å². The monoisotopic (exact) mass is 225 g/mol. The third-order valence-electron chi connectivity index (χ3n) is 2.06. The first-order chi connectivity index (χ1) is 3.72. The Morgan fingerprint density at radius 1 is 1.50 bits per heavy atom. The van der Waals surface area contributed by atoms with Crippen LogP contribution in [-0.2, 0) is 0 Å². The summed E-state index contributed by atoms with van der Waals surface area (Å²) in [6.45, 7) is 5.90. The van der Waals surface area contributed by atoms with Crippen LogP contribution in [0.2, 0.25) is 0 Å². The molecule has 1 aliphatic heterocycles. The van der Waals surface area contributed by atoms with Crippen molar-refractivity contribution in [3.05, 3.63) is 0 Å². The first-order valence-corrected chi connectivity index (χ1v) is 4.10. The predicted molar refractivity (Wildman–Crippen MR) is 44.0 cm³/mol. The van der Waals surface area contributed by atoms with E-state index in [2.05, 4.69) is 39.8 Å². The van der Waals surface area contributed by atoms with Crippen molar-refractivity contribution in [2.75, 3.05) is 6.54 Å². The van der Waals surface area contributed by atoms with Gasteiger partial charge >= 0.3 is 0 Å². The third kappa shape index (κ3) is 1.16. The lowest BCUT2D eigenvalue weighted by Gasteiger charge is -2.13. The van der Waals surface area contributed by atoms with Crippen LogP contribution < -0.4 is 0 Å². The highest BCUT2D eigenvalue weighted by atomic mass is 127. The van der Waals surface area contributed by atoms with Crippen molar-refractivity contribution in [3.63, 3.8) is 0 Å². The lowest BCUT2D eigenvalue weighted by atomic mass is 10.1. The van der Waals surface area contributed by atoms with Gasteiger partial charge in [0.15, 0.2) is 0 Å². The standard InChI is InChI=1S/C6H12IN/c1-5-3-4-8(7)6(5)2/h5-6H,3-4H2,1-2H3. The van der Waals surface area contributed by atoms with Crippen molar-refractivity contribution >= 4 is 22.9 Å². The fourth-order valence-corrected chi connectivity index (χ4v) is 1.88. The van der Waals surface area contributed by atoms with Crippen LogP contribution in [0, 0.1) is 5.92 Å². The summed E-state index contributed by atoms with van der Waals surface area (Å²) in [4.78, 5) is 0. The lowest BCUT2D eigenvalue weighted by molar-refractivity contribution is 0.435. The molecule has 1 heterocycles. The van der Waals surface area contributed by atoms with E-state index in [0.29, 0.717) is 0 Å². The van der Waals surface area contributed by atoms with Crippen LogP contribution in [0.4, 0.5) is 0 Å². The maximum absolute atomic E-state index is 2.41. The zero-order chi connectivity index (χ0) is 6.15. The highest BCUT2D eigenvalue weighted by Crippen LogP contribution is 2.25. The van der Waals surface area contributed by atoms with Crippen LogP contribution in [0.15, 0.2) is 0 Å². The normalized spacial score (nSPS) is 40.9. The minimum Gasteiger partial charge on any atom is -0.244 e. The number of hydrogen-bond donors (Lipinski definition) is 0. The van der Waals surface area contributed by atoms with Crippen molar-refractivity contribution in [2.24, 2.45) is 5.92 Å². The molecule has 0 spiro atoms. The second-order valence-electron chi connectivity index (χ2n) is 2.63. The third-order valence-corrected chi connectivity index (χ3v) is 3.42. The van der Waals surface area contributed by atoms with Gasteiger partial charge in [0.2, 0.25) is 0 Å². The summed E-state index contributed by atoms with van der Waals surface area (Å²) in [5, 5.41) is 0. The molecule has 0 aromatic rings. The summed E-state index contributed by atoms with van der Waals surface area (Å²) < 4.78 is 2.39. The fourth-order valence-electron chi connectivity index (χ4n) is 1.05. The maximum Gasteiger partial charge on any atom is 0.0204 e. The highest BCUT2D eigenvalue weighted by molar-refractivity contribution is 14.1. The second-order valence-corrected chi connectivity index (χ2v) is 3.87. The number of halogens is 1. The molecule has 0 aliphatic carbocycles. The van der Waals surface area contributed by atoms with Gasteiger partial charge in [0.1, 0.15) is 0 Å². The Morgan fingerprint density at radius 3 is 2.25 bits per heavy atom. The Bertz CT molecular complexity index is 74.6. The number of nitrogens with zero attached hydrogens (tertiary/aromatic N) is 1. The van der Waals surface area contributed by atoms with Gasteiger partial charge in [-0.25, -0.2) is 3.11 Å². The van der Waals surface area contributed by atoms with E-state index in [9.17, 15) is 0 Å². The molecular formula is C6H12IN. The molecule has 1 aliphatic rings. The van der Waals surface area contributed by atoms with E-state index in [-0.39, 0.29) is 0 Å². The highest BCUT2D eigenvalue weighted by Gasteiger charge is 2.24. The minimum absolute atomic E-state index is 0.801. The topological polar surface area (TPSA) is 3.24 Å². The summed E-state index contributed by atoms with van der Waals surface area (Å²) in [5.74, 6) is 0.909. The molecule has 48 valence electrons. The van der Waals surface area contributed by atoms with Gasteiger partial charge in [-0.05, 0) is 19.3 Å². The molecule has 1 nitrogen and oxygen atoms in total. The van der Waals surface area contributed by atoms with Gasteiger partial charge in [0.25, 0.3) is 0 Å². The molecule has 2 heteroatoms. The summed E-state index contributed by atoms with van der Waals surface area (Å²) >= 11 is 2.41. The number of hydrogen-bond acceptors (Lipinski definition) is 1. The van der Waals surface area contributed by atoms with Crippen molar-refractivity contribution in [2.45, 2.75) is 26.3 Å². The van der Waals surface area contributed by atoms with E-state index in [0.717, 1.165) is 12.0 Å². The molecule has 1 rings (SSSR count). The smallest absolute Gasteiger partial charge is 0.0204 e. The lowest BCUT2D eigenvalue weighted by Crippen LogP contribution is -2.18. The fraction of sp³-hybridized carbons (Fsp3) is 1.00. The molecule has 1 fully saturated rings. The Hall–Kier alpha value is 0.690. The quantitative estimate of drug-likeness (QED) is 0.450. The summed E-state index contributed by atoms with van der Waals surface area (Å²) in [7, 11) is 0. The zero-order valence-electron chi connectivity index (χ0n) is 5.39. The van der Waals surface area contributed by atoms with E-state index < -0.39 is 0 Å². The minimum atomic E-state index is 0.801. The molecular weight excluding hydrogens is 213 g/mol. The van der Waals surface area contributed by atoms with Crippen molar-refractivity contribution in [1.82, 2.24) is 3.11 Å². The Labute approximate surface area is 64.9 Å². The van der Waals surface area contributed by atoms with E-state index in [1.807, 2.05) is 0 Å². The van der Waals surface area contributed by atoms with Gasteiger partial charge in [-0.2, -0.15) is 0 Å². The molecule has 8 heavy (non-hydrogen) atoms. The first kappa shape index (κ1) is 6.81. The van der Waals surface area contributed by atoms with Crippen LogP contribution >= 0.6 is 22.9 Å². The summed E-state index contributed by atoms with van der Waals surface area (Å²) in [5.41, 5.74) is 0. The second kappa shape index (κ2) is 2.52. The average molecular weight is 225 g/mol. The molecule has 1 saturated heterocycles. The van der Waals surface area contributed by atoms with Crippen molar-refractivity contribution in [1.29, 1.82) is 0 Å². The largest absolute Gasteiger partial charge is 0.244 e. The Kier molecular flexibility index (Phi) is 2.14. The van der Waals surface area contributed by atoms with Gasteiger partial charge in [-0.3, -0.25) is 0 Å². The molecule has 0 saturated carbocycles. The maximum atomic E-state index is 2.41. The molecule has 0 bridgehead atoms. The molecule has 0 radical (unpaired) electrons. The summed E-state index contributed by atoms with van der Waals surface area (Å²) in [6.07, 6.45) is 1.38. The van der Waals surface area contributed by atoms with E-state index in [4.69, 9.17) is 0 Å². The molecule has 2 atom stereocenters. The summed E-state index contributed by atoms with van der Waals surface area (Å²) in [6, 6.07) is 0.801. The van der Waals surface area contributed by atoms with E-state index in [1.165, 1.54) is 13.0 Å². The molecule has 0 amide bonds. The zero-order valence-corrected chi connectivity index (χ0v) is 7.55. The van der Waals surface area contributed by atoms with Crippen LogP contribution in [0.3, 0.4) is 0 Å². The Balaban J connectivity index is 2.44. The van der Waals surface area contributed by atoms with Gasteiger partial charge in [-0.1, -0.05) is 6.92 Å². The van der Waals surface area contributed by atoms with Crippen molar-refractivity contribution in [3.8, 4) is 0 Å². The molecule has 0 N–H and O–H groups in total.